The standard InChI is InChI=1S/C21H20ClN5O2/c1-3-5-18-24-25-19-20(28)23-16-11-14(8-9-17(16)27(18)19)21(29)26(2)12-13-6-4-7-15(22)10-13/h4,6-11H,3,5,12H2,1-2H3,(H,23,28). The Morgan fingerprint density at radius 3 is 2.79 bits per heavy atom. The maximum atomic E-state index is 12.9. The molecule has 4 aromatic rings. The SMILES string of the molecule is CCCc1nnc2c(=O)[nH]c3cc(C(=O)N(C)Cc4cccc(Cl)c4)ccc3n12. The van der Waals surface area contributed by atoms with Gasteiger partial charge in [-0.1, -0.05) is 30.7 Å². The number of fused-ring (bicyclic) bond motifs is 3. The number of carbonyl (C=O) groups excluding carboxylic acids is 1. The van der Waals surface area contributed by atoms with Crippen LogP contribution in [-0.4, -0.2) is 37.4 Å². The van der Waals surface area contributed by atoms with E-state index in [-0.39, 0.29) is 17.1 Å². The second-order valence-corrected chi connectivity index (χ2v) is 7.44. The van der Waals surface area contributed by atoms with E-state index in [1.54, 1.807) is 34.5 Å². The molecule has 0 saturated heterocycles. The molecule has 0 fully saturated rings. The fraction of sp³-hybridized carbons (Fsp3) is 0.238. The highest BCUT2D eigenvalue weighted by atomic mass is 35.5. The van der Waals surface area contributed by atoms with E-state index in [1.807, 2.05) is 31.2 Å². The number of hydrogen-bond acceptors (Lipinski definition) is 4. The molecule has 0 atom stereocenters. The molecule has 0 radical (unpaired) electrons. The van der Waals surface area contributed by atoms with Gasteiger partial charge in [0.1, 0.15) is 5.82 Å². The van der Waals surface area contributed by atoms with Gasteiger partial charge in [-0.25, -0.2) is 0 Å². The van der Waals surface area contributed by atoms with Crippen LogP contribution in [-0.2, 0) is 13.0 Å². The van der Waals surface area contributed by atoms with Crippen molar-refractivity contribution in [2.45, 2.75) is 26.3 Å². The Bertz CT molecular complexity index is 1280. The summed E-state index contributed by atoms with van der Waals surface area (Å²) in [4.78, 5) is 29.8. The quantitative estimate of drug-likeness (QED) is 0.547. The van der Waals surface area contributed by atoms with Crippen LogP contribution in [0.15, 0.2) is 47.3 Å². The molecule has 2 heterocycles. The lowest BCUT2D eigenvalue weighted by Crippen LogP contribution is -2.26. The third-order valence-corrected chi connectivity index (χ3v) is 5.03. The summed E-state index contributed by atoms with van der Waals surface area (Å²) in [5, 5.41) is 8.78. The van der Waals surface area contributed by atoms with Crippen LogP contribution in [0.1, 0.15) is 35.1 Å². The molecular formula is C21H20ClN5O2. The minimum atomic E-state index is -0.329. The number of hydrogen-bond donors (Lipinski definition) is 1. The van der Waals surface area contributed by atoms with Gasteiger partial charge in [0.15, 0.2) is 0 Å². The molecular weight excluding hydrogens is 390 g/mol. The second-order valence-electron chi connectivity index (χ2n) is 7.00. The van der Waals surface area contributed by atoms with E-state index < -0.39 is 0 Å². The number of aromatic nitrogens is 4. The molecule has 0 aliphatic carbocycles. The molecule has 0 bridgehead atoms. The largest absolute Gasteiger partial charge is 0.337 e. The molecule has 148 valence electrons. The summed E-state index contributed by atoms with van der Waals surface area (Å²) >= 11 is 6.03. The van der Waals surface area contributed by atoms with Gasteiger partial charge in [0.2, 0.25) is 5.65 Å². The predicted octanol–water partition coefficient (Wildman–Crippen LogP) is 3.45. The summed E-state index contributed by atoms with van der Waals surface area (Å²) in [6, 6.07) is 12.7. The molecule has 0 spiro atoms. The van der Waals surface area contributed by atoms with Crippen molar-refractivity contribution in [1.82, 2.24) is 24.5 Å². The van der Waals surface area contributed by atoms with Crippen molar-refractivity contribution in [1.29, 1.82) is 0 Å². The van der Waals surface area contributed by atoms with E-state index in [9.17, 15) is 9.59 Å². The van der Waals surface area contributed by atoms with E-state index in [1.165, 1.54) is 0 Å². The molecule has 29 heavy (non-hydrogen) atoms. The lowest BCUT2D eigenvalue weighted by atomic mass is 10.1. The highest BCUT2D eigenvalue weighted by molar-refractivity contribution is 6.30. The maximum absolute atomic E-state index is 12.9. The van der Waals surface area contributed by atoms with E-state index in [4.69, 9.17) is 11.6 Å². The van der Waals surface area contributed by atoms with Crippen LogP contribution in [0.5, 0.6) is 0 Å². The highest BCUT2D eigenvalue weighted by Crippen LogP contribution is 2.18. The van der Waals surface area contributed by atoms with Gasteiger partial charge in [-0.15, -0.1) is 10.2 Å². The summed E-state index contributed by atoms with van der Waals surface area (Å²) in [6.45, 7) is 2.47. The number of aryl methyl sites for hydroxylation is 1. The fourth-order valence-electron chi connectivity index (χ4n) is 3.45. The summed E-state index contributed by atoms with van der Waals surface area (Å²) in [7, 11) is 1.73. The van der Waals surface area contributed by atoms with Crippen molar-refractivity contribution in [3.8, 4) is 0 Å². The normalized spacial score (nSPS) is 11.3. The van der Waals surface area contributed by atoms with Crippen LogP contribution in [0, 0.1) is 0 Å². The number of H-pyrrole nitrogens is 1. The molecule has 0 saturated carbocycles. The van der Waals surface area contributed by atoms with E-state index in [2.05, 4.69) is 15.2 Å². The predicted molar refractivity (Wildman–Crippen MR) is 112 cm³/mol. The summed E-state index contributed by atoms with van der Waals surface area (Å²) < 4.78 is 1.77. The van der Waals surface area contributed by atoms with E-state index in [0.29, 0.717) is 29.1 Å². The number of amides is 1. The van der Waals surface area contributed by atoms with Crippen molar-refractivity contribution in [2.75, 3.05) is 7.05 Å². The molecule has 0 aliphatic rings. The van der Waals surface area contributed by atoms with Crippen molar-refractivity contribution < 1.29 is 4.79 Å². The molecule has 2 aromatic heterocycles. The van der Waals surface area contributed by atoms with Gasteiger partial charge in [0, 0.05) is 30.6 Å². The zero-order valence-electron chi connectivity index (χ0n) is 16.1. The lowest BCUT2D eigenvalue weighted by molar-refractivity contribution is 0.0785. The lowest BCUT2D eigenvalue weighted by Gasteiger charge is -2.18. The molecule has 0 unspecified atom stereocenters. The van der Waals surface area contributed by atoms with Gasteiger partial charge in [0.25, 0.3) is 11.5 Å². The summed E-state index contributed by atoms with van der Waals surface area (Å²) in [6.07, 6.45) is 1.60. The number of rotatable bonds is 5. The average Bonchev–Trinajstić information content (AvgIpc) is 3.12. The van der Waals surface area contributed by atoms with Crippen LogP contribution >= 0.6 is 11.6 Å². The molecule has 1 N–H and O–H groups in total. The smallest absolute Gasteiger partial charge is 0.294 e. The molecule has 0 aliphatic heterocycles. The zero-order valence-corrected chi connectivity index (χ0v) is 16.9. The molecule has 8 heteroatoms. The minimum Gasteiger partial charge on any atom is -0.337 e. The number of aromatic amines is 1. The van der Waals surface area contributed by atoms with Crippen LogP contribution in [0.25, 0.3) is 16.7 Å². The van der Waals surface area contributed by atoms with Crippen molar-refractivity contribution in [2.24, 2.45) is 0 Å². The zero-order chi connectivity index (χ0) is 20.5. The first-order chi connectivity index (χ1) is 14.0. The van der Waals surface area contributed by atoms with Crippen LogP contribution in [0.2, 0.25) is 5.02 Å². The third-order valence-electron chi connectivity index (χ3n) is 4.79. The number of nitrogens with one attached hydrogen (secondary N) is 1. The Kier molecular flexibility index (Phi) is 5.07. The Balaban J connectivity index is 1.71. The Labute approximate surface area is 171 Å². The molecule has 1 amide bonds. The van der Waals surface area contributed by atoms with Gasteiger partial charge in [0.05, 0.1) is 11.0 Å². The van der Waals surface area contributed by atoms with Crippen molar-refractivity contribution in [3.05, 3.63) is 74.8 Å². The van der Waals surface area contributed by atoms with Gasteiger partial charge in [-0.2, -0.15) is 0 Å². The number of benzene rings is 2. The monoisotopic (exact) mass is 409 g/mol. The fourth-order valence-corrected chi connectivity index (χ4v) is 3.66. The topological polar surface area (TPSA) is 83.4 Å². The minimum absolute atomic E-state index is 0.148. The van der Waals surface area contributed by atoms with E-state index >= 15 is 0 Å². The first-order valence-corrected chi connectivity index (χ1v) is 9.75. The highest BCUT2D eigenvalue weighted by Gasteiger charge is 2.16. The van der Waals surface area contributed by atoms with E-state index in [0.717, 1.165) is 23.3 Å². The van der Waals surface area contributed by atoms with Gasteiger partial charge in [-0.3, -0.25) is 14.0 Å². The Hall–Kier alpha value is -3.19. The molecule has 7 nitrogen and oxygen atoms in total. The maximum Gasteiger partial charge on any atom is 0.294 e. The number of carbonyl (C=O) groups is 1. The Morgan fingerprint density at radius 2 is 2.03 bits per heavy atom. The average molecular weight is 410 g/mol. The first kappa shape index (κ1) is 19.1. The van der Waals surface area contributed by atoms with Crippen LogP contribution in [0.4, 0.5) is 0 Å². The Morgan fingerprint density at radius 1 is 1.21 bits per heavy atom. The number of halogens is 1. The van der Waals surface area contributed by atoms with Crippen molar-refractivity contribution in [3.63, 3.8) is 0 Å². The third kappa shape index (κ3) is 3.61. The van der Waals surface area contributed by atoms with Crippen molar-refractivity contribution >= 4 is 34.2 Å². The van der Waals surface area contributed by atoms with Gasteiger partial charge in [-0.05, 0) is 42.3 Å². The first-order valence-electron chi connectivity index (χ1n) is 9.38. The van der Waals surface area contributed by atoms with Gasteiger partial charge >= 0.3 is 0 Å². The summed E-state index contributed by atoms with van der Waals surface area (Å²) in [5.41, 5.74) is 2.70. The molecule has 2 aromatic carbocycles. The number of nitrogens with zero attached hydrogens (tertiary/aromatic N) is 4. The van der Waals surface area contributed by atoms with Crippen LogP contribution in [0.3, 0.4) is 0 Å². The summed E-state index contributed by atoms with van der Waals surface area (Å²) in [5.74, 6) is 0.584. The van der Waals surface area contributed by atoms with Crippen LogP contribution < -0.4 is 5.56 Å². The molecule has 4 rings (SSSR count). The second kappa shape index (κ2) is 7.67. The van der Waals surface area contributed by atoms with Gasteiger partial charge < -0.3 is 9.88 Å².